The highest BCUT2D eigenvalue weighted by molar-refractivity contribution is 8.04. The predicted molar refractivity (Wildman–Crippen MR) is 86.2 cm³/mol. The molecule has 5 heteroatoms. The number of aromatic hydroxyl groups is 1. The lowest BCUT2D eigenvalue weighted by molar-refractivity contribution is -0.112. The van der Waals surface area contributed by atoms with E-state index < -0.39 is 0 Å². The molecule has 0 spiro atoms. The number of halogens is 1. The van der Waals surface area contributed by atoms with E-state index in [1.54, 1.807) is 24.3 Å². The molecule has 2 aromatic rings. The van der Waals surface area contributed by atoms with Gasteiger partial charge in [0, 0.05) is 17.0 Å². The normalized spacial score (nSPS) is 17.1. The minimum Gasteiger partial charge on any atom is -0.508 e. The number of allylic oxidation sites excluding steroid dienone is 1. The fourth-order valence-corrected chi connectivity index (χ4v) is 3.43. The molecule has 1 aliphatic heterocycles. The molecule has 1 amide bonds. The first-order valence-corrected chi connectivity index (χ1v) is 7.72. The van der Waals surface area contributed by atoms with Crippen molar-refractivity contribution in [3.8, 4) is 5.75 Å². The zero-order chi connectivity index (χ0) is 15.5. The molecule has 3 nitrogen and oxygen atoms in total. The number of phenols is 1. The number of nitrogens with one attached hydrogen (secondary N) is 1. The van der Waals surface area contributed by atoms with Gasteiger partial charge in [0.1, 0.15) is 11.6 Å². The van der Waals surface area contributed by atoms with Crippen LogP contribution in [0.2, 0.25) is 0 Å². The van der Waals surface area contributed by atoms with Crippen LogP contribution in [0, 0.1) is 5.82 Å². The highest BCUT2D eigenvalue weighted by Gasteiger charge is 2.24. The SMILES string of the molecule is O=C(Nc1cccc(O)c1)C1=CCC(c2cccc(F)c2)S1. The summed E-state index contributed by atoms with van der Waals surface area (Å²) in [7, 11) is 0. The maximum absolute atomic E-state index is 13.3. The lowest BCUT2D eigenvalue weighted by atomic mass is 10.1. The Morgan fingerprint density at radius 3 is 2.82 bits per heavy atom. The summed E-state index contributed by atoms with van der Waals surface area (Å²) in [5.74, 6) is -0.381. The van der Waals surface area contributed by atoms with E-state index in [2.05, 4.69) is 5.32 Å². The minimum atomic E-state index is -0.268. The first-order valence-electron chi connectivity index (χ1n) is 6.84. The van der Waals surface area contributed by atoms with Crippen molar-refractivity contribution >= 4 is 23.4 Å². The van der Waals surface area contributed by atoms with Crippen molar-refractivity contribution < 1.29 is 14.3 Å². The number of anilines is 1. The number of carbonyl (C=O) groups is 1. The lowest BCUT2D eigenvalue weighted by Gasteiger charge is -2.11. The fourth-order valence-electron chi connectivity index (χ4n) is 2.30. The Morgan fingerprint density at radius 2 is 2.05 bits per heavy atom. The number of hydrogen-bond acceptors (Lipinski definition) is 3. The second-order valence-electron chi connectivity index (χ2n) is 4.97. The van der Waals surface area contributed by atoms with Crippen LogP contribution >= 0.6 is 11.8 Å². The number of rotatable bonds is 3. The van der Waals surface area contributed by atoms with Gasteiger partial charge in [0.25, 0.3) is 5.91 Å². The molecule has 0 fully saturated rings. The molecule has 0 aromatic heterocycles. The Labute approximate surface area is 131 Å². The zero-order valence-corrected chi connectivity index (χ0v) is 12.4. The number of carbonyl (C=O) groups excluding carboxylic acids is 1. The van der Waals surface area contributed by atoms with E-state index in [9.17, 15) is 14.3 Å². The first-order chi connectivity index (χ1) is 10.6. The van der Waals surface area contributed by atoms with Crippen LogP contribution < -0.4 is 5.32 Å². The van der Waals surface area contributed by atoms with Gasteiger partial charge in [-0.15, -0.1) is 11.8 Å². The molecule has 1 unspecified atom stereocenters. The highest BCUT2D eigenvalue weighted by atomic mass is 32.2. The molecule has 112 valence electrons. The van der Waals surface area contributed by atoms with Crippen molar-refractivity contribution in [2.45, 2.75) is 11.7 Å². The Hall–Kier alpha value is -2.27. The van der Waals surface area contributed by atoms with E-state index in [-0.39, 0.29) is 22.7 Å². The molecule has 0 bridgehead atoms. The third-order valence-electron chi connectivity index (χ3n) is 3.33. The second kappa shape index (κ2) is 6.23. The quantitative estimate of drug-likeness (QED) is 0.891. The maximum atomic E-state index is 13.3. The van der Waals surface area contributed by atoms with Crippen LogP contribution in [-0.4, -0.2) is 11.0 Å². The summed E-state index contributed by atoms with van der Waals surface area (Å²) in [5.41, 5.74) is 1.42. The van der Waals surface area contributed by atoms with E-state index in [1.807, 2.05) is 12.1 Å². The van der Waals surface area contributed by atoms with Crippen molar-refractivity contribution in [1.82, 2.24) is 0 Å². The van der Waals surface area contributed by atoms with Crippen LogP contribution in [-0.2, 0) is 4.79 Å². The summed E-state index contributed by atoms with van der Waals surface area (Å²) in [6.07, 6.45) is 2.55. The molecule has 3 rings (SSSR count). The molecule has 1 atom stereocenters. The topological polar surface area (TPSA) is 49.3 Å². The standard InChI is InChI=1S/C17H14FNO2S/c18-12-4-1-3-11(9-12)15-7-8-16(22-15)17(21)19-13-5-2-6-14(20)10-13/h1-6,8-10,15,20H,7H2,(H,19,21). The number of amides is 1. The lowest BCUT2D eigenvalue weighted by Crippen LogP contribution is -2.11. The third-order valence-corrected chi connectivity index (χ3v) is 4.69. The minimum absolute atomic E-state index is 0.0561. The molecular weight excluding hydrogens is 301 g/mol. The van der Waals surface area contributed by atoms with Gasteiger partial charge in [-0.2, -0.15) is 0 Å². The molecule has 0 saturated carbocycles. The summed E-state index contributed by atoms with van der Waals surface area (Å²) in [6, 6.07) is 12.9. The van der Waals surface area contributed by atoms with Crippen LogP contribution in [0.15, 0.2) is 59.5 Å². The molecule has 22 heavy (non-hydrogen) atoms. The Balaban J connectivity index is 1.66. The molecule has 0 saturated heterocycles. The largest absolute Gasteiger partial charge is 0.508 e. The summed E-state index contributed by atoms with van der Waals surface area (Å²) < 4.78 is 13.3. The van der Waals surface area contributed by atoms with Crippen LogP contribution in [0.3, 0.4) is 0 Å². The van der Waals surface area contributed by atoms with Crippen molar-refractivity contribution in [3.05, 3.63) is 70.9 Å². The molecular formula is C17H14FNO2S. The summed E-state index contributed by atoms with van der Waals surface area (Å²) in [5, 5.41) is 12.2. The molecule has 1 aliphatic rings. The van der Waals surface area contributed by atoms with Crippen molar-refractivity contribution in [2.24, 2.45) is 0 Å². The van der Waals surface area contributed by atoms with Gasteiger partial charge in [0.2, 0.25) is 0 Å². The van der Waals surface area contributed by atoms with Gasteiger partial charge >= 0.3 is 0 Å². The van der Waals surface area contributed by atoms with Gasteiger partial charge in [0.05, 0.1) is 4.91 Å². The van der Waals surface area contributed by atoms with Gasteiger partial charge in [-0.05, 0) is 36.2 Å². The van der Waals surface area contributed by atoms with Gasteiger partial charge in [-0.1, -0.05) is 24.3 Å². The zero-order valence-electron chi connectivity index (χ0n) is 11.6. The number of hydrogen-bond donors (Lipinski definition) is 2. The summed E-state index contributed by atoms with van der Waals surface area (Å²) in [4.78, 5) is 12.8. The molecule has 1 heterocycles. The Morgan fingerprint density at radius 1 is 1.23 bits per heavy atom. The van der Waals surface area contributed by atoms with E-state index in [1.165, 1.54) is 30.0 Å². The maximum Gasteiger partial charge on any atom is 0.261 e. The van der Waals surface area contributed by atoms with E-state index in [0.717, 1.165) is 5.56 Å². The van der Waals surface area contributed by atoms with Crippen LogP contribution in [0.25, 0.3) is 0 Å². The van der Waals surface area contributed by atoms with Gasteiger partial charge < -0.3 is 10.4 Å². The second-order valence-corrected chi connectivity index (χ2v) is 6.21. The average molecular weight is 315 g/mol. The van der Waals surface area contributed by atoms with Crippen molar-refractivity contribution in [1.29, 1.82) is 0 Å². The first kappa shape index (κ1) is 14.7. The number of benzene rings is 2. The Kier molecular flexibility index (Phi) is 4.15. The molecule has 0 radical (unpaired) electrons. The smallest absolute Gasteiger partial charge is 0.261 e. The predicted octanol–water partition coefficient (Wildman–Crippen LogP) is 4.23. The molecule has 0 aliphatic carbocycles. The van der Waals surface area contributed by atoms with Crippen LogP contribution in [0.5, 0.6) is 5.75 Å². The third kappa shape index (κ3) is 3.31. The van der Waals surface area contributed by atoms with E-state index in [4.69, 9.17) is 0 Å². The summed E-state index contributed by atoms with van der Waals surface area (Å²) >= 11 is 1.42. The van der Waals surface area contributed by atoms with E-state index >= 15 is 0 Å². The number of thioether (sulfide) groups is 1. The van der Waals surface area contributed by atoms with Gasteiger partial charge in [-0.25, -0.2) is 4.39 Å². The van der Waals surface area contributed by atoms with Crippen LogP contribution in [0.1, 0.15) is 17.2 Å². The molecule has 2 N–H and O–H groups in total. The van der Waals surface area contributed by atoms with Gasteiger partial charge in [-0.3, -0.25) is 4.79 Å². The Bertz CT molecular complexity index is 745. The van der Waals surface area contributed by atoms with E-state index in [0.29, 0.717) is 17.0 Å². The van der Waals surface area contributed by atoms with Crippen molar-refractivity contribution in [2.75, 3.05) is 5.32 Å². The van der Waals surface area contributed by atoms with Crippen molar-refractivity contribution in [3.63, 3.8) is 0 Å². The van der Waals surface area contributed by atoms with Crippen LogP contribution in [0.4, 0.5) is 10.1 Å². The van der Waals surface area contributed by atoms with Gasteiger partial charge in [0.15, 0.2) is 0 Å². The monoisotopic (exact) mass is 315 g/mol. The fraction of sp³-hybridized carbons (Fsp3) is 0.118. The average Bonchev–Trinajstić information content (AvgIpc) is 2.97. The molecule has 2 aromatic carbocycles. The summed E-state index contributed by atoms with van der Waals surface area (Å²) in [6.45, 7) is 0. The number of phenolic OH excluding ortho intramolecular Hbond substituents is 1. The highest BCUT2D eigenvalue weighted by Crippen LogP contribution is 2.44.